The molecule has 0 aromatic heterocycles. The molecule has 9 atom stereocenters. The van der Waals surface area contributed by atoms with Crippen molar-refractivity contribution in [3.63, 3.8) is 0 Å². The zero-order valence-electron chi connectivity index (χ0n) is 27.7. The van der Waals surface area contributed by atoms with Gasteiger partial charge in [-0.1, -0.05) is 45.4 Å². The number of aliphatic hydroxyl groups is 1. The van der Waals surface area contributed by atoms with Gasteiger partial charge < -0.3 is 20.1 Å². The van der Waals surface area contributed by atoms with Crippen LogP contribution in [0.3, 0.4) is 0 Å². The minimum atomic E-state index is -0.608. The number of aromatic hydroxyl groups is 2. The summed E-state index contributed by atoms with van der Waals surface area (Å²) >= 11 is 0. The monoisotopic (exact) mass is 592 g/mol. The Morgan fingerprint density at radius 1 is 0.930 bits per heavy atom. The second-order valence-electron chi connectivity index (χ2n) is 16.2. The van der Waals surface area contributed by atoms with Crippen molar-refractivity contribution in [2.24, 2.45) is 45.8 Å². The molecule has 5 nitrogen and oxygen atoms in total. The van der Waals surface area contributed by atoms with E-state index in [2.05, 4.69) is 54.5 Å². The Hall–Kier alpha value is -2.27. The predicted molar refractivity (Wildman–Crippen MR) is 172 cm³/mol. The Labute approximate surface area is 259 Å². The molecule has 43 heavy (non-hydrogen) atoms. The molecular weight excluding hydrogens is 536 g/mol. The summed E-state index contributed by atoms with van der Waals surface area (Å²) in [6.07, 6.45) is 16.2. The number of fused-ring (bicyclic) bond motifs is 5. The third-order valence-electron chi connectivity index (χ3n) is 13.2. The minimum absolute atomic E-state index is 0.122. The Kier molecular flexibility index (Phi) is 8.66. The van der Waals surface area contributed by atoms with Crippen molar-refractivity contribution in [3.8, 4) is 11.5 Å². The van der Waals surface area contributed by atoms with Crippen molar-refractivity contribution in [1.29, 1.82) is 0 Å². The highest BCUT2D eigenvalue weighted by Gasteiger charge is 2.65. The topological polar surface area (TPSA) is 87.0 Å². The summed E-state index contributed by atoms with van der Waals surface area (Å²) in [5.41, 5.74) is 1.76. The number of hydrogen-bond donors (Lipinski definition) is 3. The third-order valence-corrected chi connectivity index (χ3v) is 13.2. The molecule has 1 aromatic rings. The second-order valence-corrected chi connectivity index (χ2v) is 16.2. The van der Waals surface area contributed by atoms with E-state index >= 15 is 0 Å². The normalized spacial score (nSPS) is 38.0. The maximum absolute atomic E-state index is 12.9. The van der Waals surface area contributed by atoms with Crippen molar-refractivity contribution < 1.29 is 24.9 Å². The third kappa shape index (κ3) is 5.80. The van der Waals surface area contributed by atoms with Crippen LogP contribution in [0.4, 0.5) is 0 Å². The molecule has 0 spiro atoms. The number of esters is 1. The molecule has 0 aliphatic heterocycles. The lowest BCUT2D eigenvalue weighted by Gasteiger charge is -2.65. The summed E-state index contributed by atoms with van der Waals surface area (Å²) in [7, 11) is 0. The van der Waals surface area contributed by atoms with E-state index in [-0.39, 0.29) is 34.4 Å². The predicted octanol–water partition coefficient (Wildman–Crippen LogP) is 8.82. The summed E-state index contributed by atoms with van der Waals surface area (Å²) in [5, 5.41) is 31.0. The fourth-order valence-corrected chi connectivity index (χ4v) is 11.0. The van der Waals surface area contributed by atoms with E-state index in [4.69, 9.17) is 4.74 Å². The molecule has 238 valence electrons. The molecule has 5 rings (SSSR count). The molecule has 4 aliphatic rings. The van der Waals surface area contributed by atoms with Crippen molar-refractivity contribution in [1.82, 2.24) is 0 Å². The molecule has 2 unspecified atom stereocenters. The van der Waals surface area contributed by atoms with Crippen LogP contribution >= 0.6 is 0 Å². The maximum Gasteiger partial charge on any atom is 0.331 e. The second kappa shape index (κ2) is 11.6. The zero-order valence-corrected chi connectivity index (χ0v) is 27.7. The van der Waals surface area contributed by atoms with Gasteiger partial charge in [0.2, 0.25) is 0 Å². The number of ether oxygens (including phenoxy) is 1. The molecule has 5 heteroatoms. The van der Waals surface area contributed by atoms with Crippen molar-refractivity contribution in [2.75, 3.05) is 0 Å². The van der Waals surface area contributed by atoms with Gasteiger partial charge in [0, 0.05) is 11.5 Å². The van der Waals surface area contributed by atoms with Gasteiger partial charge >= 0.3 is 5.97 Å². The molecule has 0 heterocycles. The largest absolute Gasteiger partial charge is 0.504 e. The molecule has 0 amide bonds. The van der Waals surface area contributed by atoms with Crippen LogP contribution in [0, 0.1) is 45.8 Å². The van der Waals surface area contributed by atoms with Crippen molar-refractivity contribution in [2.45, 2.75) is 124 Å². The van der Waals surface area contributed by atoms with Gasteiger partial charge in [-0.15, -0.1) is 0 Å². The number of phenols is 2. The molecule has 4 saturated carbocycles. The smallest absolute Gasteiger partial charge is 0.331 e. The van der Waals surface area contributed by atoms with Gasteiger partial charge in [0.1, 0.15) is 6.10 Å². The SMILES string of the molecule is CC(C)=CCC[C@](C)(O)[C@H]1CC[C@@]2(C)C1CC[C@H]1[C@H]2CCC2C(C)(C)[C@@H](OC(=O)/C=C/c3ccc(O)c(O)c3)CC[C@@]21C. The first-order valence-electron chi connectivity index (χ1n) is 16.9. The summed E-state index contributed by atoms with van der Waals surface area (Å²) < 4.78 is 6.13. The van der Waals surface area contributed by atoms with Crippen LogP contribution in [0.25, 0.3) is 6.08 Å². The number of carbonyl (C=O) groups is 1. The highest BCUT2D eigenvalue weighted by molar-refractivity contribution is 5.87. The first-order chi connectivity index (χ1) is 20.1. The van der Waals surface area contributed by atoms with E-state index in [9.17, 15) is 20.1 Å². The van der Waals surface area contributed by atoms with E-state index in [0.29, 0.717) is 40.6 Å². The molecule has 4 fully saturated rings. The molecule has 4 aliphatic carbocycles. The van der Waals surface area contributed by atoms with Crippen LogP contribution in [-0.2, 0) is 9.53 Å². The Morgan fingerprint density at radius 2 is 1.58 bits per heavy atom. The Balaban J connectivity index is 1.27. The van der Waals surface area contributed by atoms with Gasteiger partial charge in [-0.3, -0.25) is 0 Å². The summed E-state index contributed by atoms with van der Waals surface area (Å²) in [5.74, 6) is 2.12. The number of rotatable bonds is 7. The van der Waals surface area contributed by atoms with Crippen LogP contribution in [-0.4, -0.2) is 33.0 Å². The number of carbonyl (C=O) groups excluding carboxylic acids is 1. The van der Waals surface area contributed by atoms with Crippen LogP contribution in [0.2, 0.25) is 0 Å². The van der Waals surface area contributed by atoms with E-state index in [1.165, 1.54) is 55.9 Å². The van der Waals surface area contributed by atoms with Crippen LogP contribution < -0.4 is 0 Å². The van der Waals surface area contributed by atoms with Gasteiger partial charge in [0.05, 0.1) is 5.60 Å². The van der Waals surface area contributed by atoms with Gasteiger partial charge in [0.25, 0.3) is 0 Å². The standard InChI is InChI=1S/C38H56O5/c1-24(2)9-8-20-38(7,42)29-18-21-36(5)26-14-16-32-35(3,4)33(19-22-37(32,6)27(26)12-13-28(29)36)43-34(41)17-11-25-10-15-30(39)31(40)23-25/h9-11,15,17,23,26-29,32-33,39-40,42H,8,12-14,16,18-22H2,1-7H3/b17-11+/t26-,27+,28?,29+,32?,33+,36-,37-,38+/m1/s1. The zero-order chi connectivity index (χ0) is 31.4. The van der Waals surface area contributed by atoms with E-state index < -0.39 is 5.60 Å². The number of benzene rings is 1. The molecule has 0 saturated heterocycles. The average molecular weight is 593 g/mol. The van der Waals surface area contributed by atoms with Gasteiger partial charge in [-0.2, -0.15) is 0 Å². The lowest BCUT2D eigenvalue weighted by molar-refractivity contribution is -0.199. The highest BCUT2D eigenvalue weighted by atomic mass is 16.5. The van der Waals surface area contributed by atoms with Crippen LogP contribution in [0.5, 0.6) is 11.5 Å². The minimum Gasteiger partial charge on any atom is -0.504 e. The van der Waals surface area contributed by atoms with Crippen LogP contribution in [0.1, 0.15) is 118 Å². The lowest BCUT2D eigenvalue weighted by atomic mass is 9.40. The highest BCUT2D eigenvalue weighted by Crippen LogP contribution is 2.71. The number of hydrogen-bond acceptors (Lipinski definition) is 5. The first kappa shape index (κ1) is 32.1. The first-order valence-corrected chi connectivity index (χ1v) is 16.9. The fourth-order valence-electron chi connectivity index (χ4n) is 11.0. The van der Waals surface area contributed by atoms with Gasteiger partial charge in [-0.25, -0.2) is 4.79 Å². The maximum atomic E-state index is 12.9. The van der Waals surface area contributed by atoms with Gasteiger partial charge in [-0.05, 0) is 149 Å². The van der Waals surface area contributed by atoms with E-state index in [0.717, 1.165) is 32.1 Å². The summed E-state index contributed by atoms with van der Waals surface area (Å²) in [6.45, 7) is 16.2. The Morgan fingerprint density at radius 3 is 2.28 bits per heavy atom. The summed E-state index contributed by atoms with van der Waals surface area (Å²) in [6, 6.07) is 4.50. The van der Waals surface area contributed by atoms with Crippen molar-refractivity contribution in [3.05, 3.63) is 41.5 Å². The van der Waals surface area contributed by atoms with Crippen LogP contribution in [0.15, 0.2) is 35.9 Å². The van der Waals surface area contributed by atoms with Gasteiger partial charge in [0.15, 0.2) is 11.5 Å². The number of phenolic OH excluding ortho intramolecular Hbond substituents is 2. The molecule has 0 radical (unpaired) electrons. The molecule has 3 N–H and O–H groups in total. The fraction of sp³-hybridized carbons (Fsp3) is 0.711. The summed E-state index contributed by atoms with van der Waals surface area (Å²) in [4.78, 5) is 12.9. The molecule has 1 aromatic carbocycles. The lowest BCUT2D eigenvalue weighted by Crippen LogP contribution is -2.60. The average Bonchev–Trinajstić information content (AvgIpc) is 3.29. The molecular formula is C38H56O5. The Bertz CT molecular complexity index is 1250. The molecule has 0 bridgehead atoms. The van der Waals surface area contributed by atoms with Crippen molar-refractivity contribution >= 4 is 12.0 Å². The number of allylic oxidation sites excluding steroid dienone is 2. The quantitative estimate of drug-likeness (QED) is 0.127. The van der Waals surface area contributed by atoms with E-state index in [1.54, 1.807) is 12.1 Å². The van der Waals surface area contributed by atoms with E-state index in [1.807, 2.05) is 0 Å².